The van der Waals surface area contributed by atoms with Gasteiger partial charge in [-0.2, -0.15) is 0 Å². The third-order valence-corrected chi connectivity index (χ3v) is 3.84. The molecule has 14 heavy (non-hydrogen) atoms. The van der Waals surface area contributed by atoms with Crippen molar-refractivity contribution in [2.75, 3.05) is 13.7 Å². The van der Waals surface area contributed by atoms with E-state index in [4.69, 9.17) is 4.74 Å². The van der Waals surface area contributed by atoms with Gasteiger partial charge in [0.15, 0.2) is 0 Å². The molecule has 0 radical (unpaired) electrons. The van der Waals surface area contributed by atoms with Crippen molar-refractivity contribution < 1.29 is 4.74 Å². The topological polar surface area (TPSA) is 21.3 Å². The molecule has 82 valence electrons. The van der Waals surface area contributed by atoms with Gasteiger partial charge in [0.05, 0.1) is 6.10 Å². The largest absolute Gasteiger partial charge is 0.376 e. The molecule has 2 rings (SSSR count). The summed E-state index contributed by atoms with van der Waals surface area (Å²) in [6, 6.07) is 0.622. The summed E-state index contributed by atoms with van der Waals surface area (Å²) in [7, 11) is 2.06. The van der Waals surface area contributed by atoms with Crippen LogP contribution in [0.1, 0.15) is 44.9 Å². The van der Waals surface area contributed by atoms with Gasteiger partial charge in [0.25, 0.3) is 0 Å². The highest BCUT2D eigenvalue weighted by atomic mass is 16.5. The number of hydrogen-bond donors (Lipinski definition) is 1. The molecule has 0 aliphatic heterocycles. The molecule has 0 aromatic heterocycles. The Morgan fingerprint density at radius 2 is 1.86 bits per heavy atom. The Morgan fingerprint density at radius 3 is 2.57 bits per heavy atom. The first-order chi connectivity index (χ1) is 6.90. The van der Waals surface area contributed by atoms with Gasteiger partial charge >= 0.3 is 0 Å². The predicted octanol–water partition coefficient (Wildman–Crippen LogP) is 2.33. The molecular weight excluding hydrogens is 174 g/mol. The molecule has 0 heterocycles. The summed E-state index contributed by atoms with van der Waals surface area (Å²) < 4.78 is 6.03. The number of nitrogens with one attached hydrogen (secondary N) is 1. The minimum Gasteiger partial charge on any atom is -0.376 e. The van der Waals surface area contributed by atoms with E-state index < -0.39 is 0 Å². The van der Waals surface area contributed by atoms with Crippen molar-refractivity contribution in [2.24, 2.45) is 5.92 Å². The first-order valence-electron chi connectivity index (χ1n) is 6.19. The van der Waals surface area contributed by atoms with Crippen molar-refractivity contribution in [3.63, 3.8) is 0 Å². The van der Waals surface area contributed by atoms with Crippen molar-refractivity contribution in [2.45, 2.75) is 57.1 Å². The van der Waals surface area contributed by atoms with Crippen LogP contribution in [-0.2, 0) is 4.74 Å². The molecule has 2 heteroatoms. The van der Waals surface area contributed by atoms with Crippen LogP contribution in [0.25, 0.3) is 0 Å². The normalized spacial score (nSPS) is 34.1. The van der Waals surface area contributed by atoms with Crippen molar-refractivity contribution in [3.8, 4) is 0 Å². The van der Waals surface area contributed by atoms with Crippen LogP contribution in [-0.4, -0.2) is 25.8 Å². The van der Waals surface area contributed by atoms with Gasteiger partial charge in [-0.05, 0) is 45.1 Å². The number of rotatable bonds is 4. The minimum absolute atomic E-state index is 0.501. The highest BCUT2D eigenvalue weighted by molar-refractivity contribution is 4.83. The van der Waals surface area contributed by atoms with E-state index in [1.54, 1.807) is 0 Å². The molecule has 0 aromatic carbocycles. The maximum atomic E-state index is 6.03. The molecule has 2 unspecified atom stereocenters. The minimum atomic E-state index is 0.501. The summed E-state index contributed by atoms with van der Waals surface area (Å²) in [6.07, 6.45) is 10.0. The SMILES string of the molecule is CNC1CCCC1OCC1CCCC1. The first kappa shape index (κ1) is 10.4. The van der Waals surface area contributed by atoms with Crippen molar-refractivity contribution in [1.29, 1.82) is 0 Å². The Labute approximate surface area is 87.4 Å². The molecule has 2 saturated carbocycles. The molecule has 0 aromatic rings. The molecular formula is C12H23NO. The average molecular weight is 197 g/mol. The van der Waals surface area contributed by atoms with Crippen LogP contribution in [0.2, 0.25) is 0 Å². The maximum absolute atomic E-state index is 6.03. The Bertz CT molecular complexity index is 166. The summed E-state index contributed by atoms with van der Waals surface area (Å²) in [6.45, 7) is 1.02. The molecule has 2 fully saturated rings. The van der Waals surface area contributed by atoms with Gasteiger partial charge < -0.3 is 10.1 Å². The molecule has 2 nitrogen and oxygen atoms in total. The Balaban J connectivity index is 1.68. The van der Waals surface area contributed by atoms with Gasteiger partial charge in [0, 0.05) is 12.6 Å². The second-order valence-corrected chi connectivity index (χ2v) is 4.85. The number of likely N-dealkylation sites (N-methyl/N-ethyl adjacent to an activating group) is 1. The smallest absolute Gasteiger partial charge is 0.0728 e. The van der Waals surface area contributed by atoms with Gasteiger partial charge in [-0.1, -0.05) is 12.8 Å². The summed E-state index contributed by atoms with van der Waals surface area (Å²) in [4.78, 5) is 0. The van der Waals surface area contributed by atoms with Crippen LogP contribution >= 0.6 is 0 Å². The molecule has 0 spiro atoms. The van der Waals surface area contributed by atoms with Gasteiger partial charge in [0.2, 0.25) is 0 Å². The number of ether oxygens (including phenoxy) is 1. The highest BCUT2D eigenvalue weighted by Gasteiger charge is 2.27. The summed E-state index contributed by atoms with van der Waals surface area (Å²) >= 11 is 0. The fraction of sp³-hybridized carbons (Fsp3) is 1.00. The van der Waals surface area contributed by atoms with E-state index in [9.17, 15) is 0 Å². The third kappa shape index (κ3) is 2.48. The van der Waals surface area contributed by atoms with E-state index in [1.807, 2.05) is 0 Å². The number of hydrogen-bond acceptors (Lipinski definition) is 2. The Hall–Kier alpha value is -0.0800. The van der Waals surface area contributed by atoms with E-state index in [-0.39, 0.29) is 0 Å². The van der Waals surface area contributed by atoms with Crippen LogP contribution in [0.3, 0.4) is 0 Å². The maximum Gasteiger partial charge on any atom is 0.0728 e. The zero-order valence-electron chi connectivity index (χ0n) is 9.30. The van der Waals surface area contributed by atoms with Gasteiger partial charge in [-0.3, -0.25) is 0 Å². The monoisotopic (exact) mass is 197 g/mol. The van der Waals surface area contributed by atoms with Gasteiger partial charge in [-0.25, -0.2) is 0 Å². The fourth-order valence-corrected chi connectivity index (χ4v) is 2.89. The lowest BCUT2D eigenvalue weighted by Crippen LogP contribution is -2.35. The Kier molecular flexibility index (Phi) is 3.82. The fourth-order valence-electron chi connectivity index (χ4n) is 2.89. The molecule has 0 saturated heterocycles. The lowest BCUT2D eigenvalue weighted by Gasteiger charge is -2.21. The lowest BCUT2D eigenvalue weighted by molar-refractivity contribution is 0.0204. The van der Waals surface area contributed by atoms with E-state index in [0.717, 1.165) is 12.5 Å². The highest BCUT2D eigenvalue weighted by Crippen LogP contribution is 2.27. The van der Waals surface area contributed by atoms with Crippen LogP contribution < -0.4 is 5.32 Å². The van der Waals surface area contributed by atoms with Crippen molar-refractivity contribution in [3.05, 3.63) is 0 Å². The zero-order chi connectivity index (χ0) is 9.80. The molecule has 1 N–H and O–H groups in total. The average Bonchev–Trinajstić information content (AvgIpc) is 2.85. The third-order valence-electron chi connectivity index (χ3n) is 3.84. The molecule has 0 bridgehead atoms. The second kappa shape index (κ2) is 5.13. The van der Waals surface area contributed by atoms with Crippen LogP contribution in [0.15, 0.2) is 0 Å². The molecule has 2 atom stereocenters. The van der Waals surface area contributed by atoms with Crippen molar-refractivity contribution >= 4 is 0 Å². The van der Waals surface area contributed by atoms with Crippen LogP contribution in [0.4, 0.5) is 0 Å². The van der Waals surface area contributed by atoms with E-state index in [0.29, 0.717) is 12.1 Å². The summed E-state index contributed by atoms with van der Waals surface area (Å²) in [5.41, 5.74) is 0. The quantitative estimate of drug-likeness (QED) is 0.747. The van der Waals surface area contributed by atoms with Crippen molar-refractivity contribution in [1.82, 2.24) is 5.32 Å². The summed E-state index contributed by atoms with van der Waals surface area (Å²) in [5.74, 6) is 0.869. The van der Waals surface area contributed by atoms with Crippen LogP contribution in [0, 0.1) is 5.92 Å². The lowest BCUT2D eigenvalue weighted by atomic mass is 10.1. The molecule has 2 aliphatic rings. The molecule has 2 aliphatic carbocycles. The first-order valence-corrected chi connectivity index (χ1v) is 6.19. The van der Waals surface area contributed by atoms with E-state index >= 15 is 0 Å². The summed E-state index contributed by atoms with van der Waals surface area (Å²) in [5, 5.41) is 3.36. The second-order valence-electron chi connectivity index (χ2n) is 4.85. The molecule has 0 amide bonds. The predicted molar refractivity (Wildman–Crippen MR) is 58.4 cm³/mol. The van der Waals surface area contributed by atoms with Gasteiger partial charge in [0.1, 0.15) is 0 Å². The Morgan fingerprint density at radius 1 is 1.07 bits per heavy atom. The van der Waals surface area contributed by atoms with Crippen LogP contribution in [0.5, 0.6) is 0 Å². The van der Waals surface area contributed by atoms with E-state index in [1.165, 1.54) is 44.9 Å². The van der Waals surface area contributed by atoms with Gasteiger partial charge in [-0.15, -0.1) is 0 Å². The van der Waals surface area contributed by atoms with E-state index in [2.05, 4.69) is 12.4 Å². The standard InChI is InChI=1S/C12H23NO/c1-13-11-7-4-8-12(11)14-9-10-5-2-3-6-10/h10-13H,2-9H2,1H3. The zero-order valence-corrected chi connectivity index (χ0v) is 9.30.